The van der Waals surface area contributed by atoms with Crippen molar-refractivity contribution in [3.05, 3.63) is 112 Å². The molecule has 1 saturated heterocycles. The van der Waals surface area contributed by atoms with Gasteiger partial charge in [-0.25, -0.2) is 4.98 Å². The molecule has 0 unspecified atom stereocenters. The predicted molar refractivity (Wildman–Crippen MR) is 160 cm³/mol. The van der Waals surface area contributed by atoms with Crippen molar-refractivity contribution in [1.82, 2.24) is 14.5 Å². The number of carbonyl (C=O) groups excluding carboxylic acids is 2. The van der Waals surface area contributed by atoms with Gasteiger partial charge in [-0.1, -0.05) is 42.5 Å². The number of carbonyl (C=O) groups is 2. The van der Waals surface area contributed by atoms with Crippen molar-refractivity contribution in [3.63, 3.8) is 0 Å². The lowest BCUT2D eigenvalue weighted by Gasteiger charge is -2.26. The van der Waals surface area contributed by atoms with E-state index in [1.807, 2.05) is 55.5 Å². The number of anilines is 3. The van der Waals surface area contributed by atoms with Crippen LogP contribution in [0.2, 0.25) is 0 Å². The Hall–Kier alpha value is -5.02. The van der Waals surface area contributed by atoms with E-state index in [9.17, 15) is 14.4 Å². The largest absolute Gasteiger partial charge is 0.378 e. The molecular formula is C32H31N5O4. The molecule has 0 atom stereocenters. The van der Waals surface area contributed by atoms with Crippen LogP contribution in [0.4, 0.5) is 17.2 Å². The van der Waals surface area contributed by atoms with Crippen LogP contribution in [-0.4, -0.2) is 52.6 Å². The van der Waals surface area contributed by atoms with Crippen molar-refractivity contribution in [3.8, 4) is 11.3 Å². The van der Waals surface area contributed by atoms with E-state index >= 15 is 0 Å². The van der Waals surface area contributed by atoms with E-state index in [1.54, 1.807) is 48.5 Å². The number of aryl methyl sites for hydroxylation is 1. The van der Waals surface area contributed by atoms with Gasteiger partial charge in [0.15, 0.2) is 5.82 Å². The van der Waals surface area contributed by atoms with Gasteiger partial charge in [-0.3, -0.25) is 14.4 Å². The Morgan fingerprint density at radius 2 is 1.68 bits per heavy atom. The molecule has 2 N–H and O–H groups in total. The quantitative estimate of drug-likeness (QED) is 0.326. The Morgan fingerprint density at radius 3 is 2.41 bits per heavy atom. The van der Waals surface area contributed by atoms with Gasteiger partial charge in [0.25, 0.3) is 11.5 Å². The summed E-state index contributed by atoms with van der Waals surface area (Å²) in [5, 5.41) is 6.03. The third-order valence-corrected chi connectivity index (χ3v) is 6.86. The molecule has 4 aromatic rings. The van der Waals surface area contributed by atoms with Crippen molar-refractivity contribution in [2.24, 2.45) is 7.05 Å². The molecule has 0 aliphatic carbocycles. The molecule has 9 heteroatoms. The number of ether oxygens (including phenoxy) is 1. The number of nitrogens with zero attached hydrogens (tertiary/aromatic N) is 3. The van der Waals surface area contributed by atoms with E-state index in [0.717, 1.165) is 16.7 Å². The maximum absolute atomic E-state index is 12.9. The molecule has 0 spiro atoms. The Morgan fingerprint density at radius 1 is 0.951 bits per heavy atom. The van der Waals surface area contributed by atoms with E-state index in [1.165, 1.54) is 10.6 Å². The number of amides is 2. The molecule has 0 bridgehead atoms. The average molecular weight is 550 g/mol. The minimum absolute atomic E-state index is 0.0473. The van der Waals surface area contributed by atoms with Crippen LogP contribution >= 0.6 is 0 Å². The first-order chi connectivity index (χ1) is 19.9. The van der Waals surface area contributed by atoms with Gasteiger partial charge in [0.1, 0.15) is 0 Å². The minimum Gasteiger partial charge on any atom is -0.378 e. The van der Waals surface area contributed by atoms with Gasteiger partial charge in [-0.15, -0.1) is 0 Å². The van der Waals surface area contributed by atoms with E-state index < -0.39 is 0 Å². The first-order valence-electron chi connectivity index (χ1n) is 13.3. The lowest BCUT2D eigenvalue weighted by Crippen LogP contribution is -2.40. The number of hydrogen-bond acceptors (Lipinski definition) is 6. The third-order valence-electron chi connectivity index (χ3n) is 6.86. The number of nitrogens with one attached hydrogen (secondary N) is 2. The standard InChI is InChI=1S/C32H31N5O4/c1-22-26(9-6-10-27(22)34-29(38)16-11-23-7-4-3-5-8-23)28-21-36(2)32(40)30(35-28)33-25-14-12-24(13-15-25)31(39)37-17-19-41-20-18-37/h3-16,21H,17-20H2,1-2H3,(H,33,35)(H,34,38)/b16-11-. The van der Waals surface area contributed by atoms with Gasteiger partial charge in [0.05, 0.1) is 18.9 Å². The highest BCUT2D eigenvalue weighted by Gasteiger charge is 2.19. The summed E-state index contributed by atoms with van der Waals surface area (Å²) < 4.78 is 6.79. The Bertz CT molecular complexity index is 1640. The fourth-order valence-corrected chi connectivity index (χ4v) is 4.56. The summed E-state index contributed by atoms with van der Waals surface area (Å²) in [6, 6.07) is 22.1. The summed E-state index contributed by atoms with van der Waals surface area (Å²) in [5.74, 6) is -0.147. The highest BCUT2D eigenvalue weighted by atomic mass is 16.5. The Balaban J connectivity index is 1.34. The van der Waals surface area contributed by atoms with Crippen molar-refractivity contribution in [2.45, 2.75) is 6.92 Å². The molecule has 9 nitrogen and oxygen atoms in total. The lowest BCUT2D eigenvalue weighted by atomic mass is 10.0. The Kier molecular flexibility index (Phi) is 8.36. The molecular weight excluding hydrogens is 518 g/mol. The number of benzene rings is 3. The van der Waals surface area contributed by atoms with Crippen molar-refractivity contribution >= 4 is 35.1 Å². The topological polar surface area (TPSA) is 106 Å². The summed E-state index contributed by atoms with van der Waals surface area (Å²) in [5.41, 5.74) is 4.65. The molecule has 41 heavy (non-hydrogen) atoms. The van der Waals surface area contributed by atoms with Crippen LogP contribution in [0, 0.1) is 6.92 Å². The molecule has 1 aliphatic rings. The SMILES string of the molecule is Cc1c(NC(=O)/C=C\c2ccccc2)cccc1-c1cn(C)c(=O)c(Nc2ccc(C(=O)N3CCOCC3)cc2)n1. The van der Waals surface area contributed by atoms with E-state index in [0.29, 0.717) is 48.9 Å². The molecule has 0 saturated carbocycles. The fraction of sp³-hybridized carbons (Fsp3) is 0.188. The second-order valence-electron chi connectivity index (χ2n) is 9.71. The van der Waals surface area contributed by atoms with Gasteiger partial charge < -0.3 is 24.8 Å². The van der Waals surface area contributed by atoms with Crippen LogP contribution in [0.5, 0.6) is 0 Å². The maximum atomic E-state index is 12.9. The van der Waals surface area contributed by atoms with Crippen LogP contribution in [0.15, 0.2) is 89.9 Å². The average Bonchev–Trinajstić information content (AvgIpc) is 3.00. The number of hydrogen-bond donors (Lipinski definition) is 2. The van der Waals surface area contributed by atoms with Gasteiger partial charge in [-0.05, 0) is 54.5 Å². The summed E-state index contributed by atoms with van der Waals surface area (Å²) in [4.78, 5) is 44.7. The van der Waals surface area contributed by atoms with Crippen LogP contribution < -0.4 is 16.2 Å². The summed E-state index contributed by atoms with van der Waals surface area (Å²) >= 11 is 0. The third kappa shape index (κ3) is 6.59. The summed E-state index contributed by atoms with van der Waals surface area (Å²) in [6.07, 6.45) is 4.92. The van der Waals surface area contributed by atoms with E-state index in [4.69, 9.17) is 4.74 Å². The lowest BCUT2D eigenvalue weighted by molar-refractivity contribution is -0.111. The number of aromatic nitrogens is 2. The summed E-state index contributed by atoms with van der Waals surface area (Å²) in [7, 11) is 1.66. The van der Waals surface area contributed by atoms with Crippen LogP contribution in [0.1, 0.15) is 21.5 Å². The highest BCUT2D eigenvalue weighted by Crippen LogP contribution is 2.28. The molecule has 5 rings (SSSR count). The molecule has 0 radical (unpaired) electrons. The highest BCUT2D eigenvalue weighted by molar-refractivity contribution is 6.02. The predicted octanol–water partition coefficient (Wildman–Crippen LogP) is 4.62. The first kappa shape index (κ1) is 27.5. The van der Waals surface area contributed by atoms with E-state index in [-0.39, 0.29) is 23.2 Å². The maximum Gasteiger partial charge on any atom is 0.293 e. The second kappa shape index (κ2) is 12.4. The second-order valence-corrected chi connectivity index (χ2v) is 9.71. The molecule has 3 aromatic carbocycles. The molecule has 208 valence electrons. The smallest absolute Gasteiger partial charge is 0.293 e. The zero-order chi connectivity index (χ0) is 28.8. The minimum atomic E-state index is -0.296. The first-order valence-corrected chi connectivity index (χ1v) is 13.3. The van der Waals surface area contributed by atoms with Crippen LogP contribution in [0.3, 0.4) is 0 Å². The number of rotatable bonds is 7. The summed E-state index contributed by atoms with van der Waals surface area (Å²) in [6.45, 7) is 4.12. The monoisotopic (exact) mass is 549 g/mol. The normalized spacial score (nSPS) is 13.3. The van der Waals surface area contributed by atoms with Crippen LogP contribution in [0.25, 0.3) is 17.3 Å². The van der Waals surface area contributed by atoms with Crippen molar-refractivity contribution in [1.29, 1.82) is 0 Å². The molecule has 1 aliphatic heterocycles. The zero-order valence-corrected chi connectivity index (χ0v) is 23.0. The zero-order valence-electron chi connectivity index (χ0n) is 23.0. The van der Waals surface area contributed by atoms with Gasteiger partial charge >= 0.3 is 0 Å². The van der Waals surface area contributed by atoms with Crippen molar-refractivity contribution < 1.29 is 14.3 Å². The molecule has 2 heterocycles. The van der Waals surface area contributed by atoms with Crippen molar-refractivity contribution in [2.75, 3.05) is 36.9 Å². The molecule has 1 aromatic heterocycles. The molecule has 2 amide bonds. The van der Waals surface area contributed by atoms with Crippen LogP contribution in [-0.2, 0) is 16.6 Å². The van der Waals surface area contributed by atoms with Gasteiger partial charge in [0, 0.05) is 54.9 Å². The number of morpholine rings is 1. The fourth-order valence-electron chi connectivity index (χ4n) is 4.56. The van der Waals surface area contributed by atoms with Gasteiger partial charge in [0.2, 0.25) is 5.91 Å². The van der Waals surface area contributed by atoms with E-state index in [2.05, 4.69) is 15.6 Å². The molecule has 1 fully saturated rings. The van der Waals surface area contributed by atoms with Gasteiger partial charge in [-0.2, -0.15) is 0 Å². The Labute approximate surface area is 238 Å².